The van der Waals surface area contributed by atoms with Gasteiger partial charge in [-0.2, -0.15) is 18.3 Å². The first kappa shape index (κ1) is 13.7. The second-order valence-corrected chi connectivity index (χ2v) is 3.43. The maximum atomic E-state index is 12.1. The quantitative estimate of drug-likeness (QED) is 0.573. The van der Waals surface area contributed by atoms with Crippen LogP contribution in [0.25, 0.3) is 0 Å². The molecule has 96 valence electrons. The van der Waals surface area contributed by atoms with E-state index in [1.807, 2.05) is 6.92 Å². The summed E-state index contributed by atoms with van der Waals surface area (Å²) in [4.78, 5) is 10.8. The van der Waals surface area contributed by atoms with E-state index < -0.39 is 17.5 Å². The standard InChI is InChI=1S/C10H13F3N2O2/c1-2-4-17-5-3-15-7-8(6-14-15)9(16)10(11,12)13/h6-7H,2-5H2,1H3. The highest BCUT2D eigenvalue weighted by molar-refractivity contribution is 5.99. The van der Waals surface area contributed by atoms with Crippen molar-refractivity contribution in [2.75, 3.05) is 13.2 Å². The third kappa shape index (κ3) is 4.18. The van der Waals surface area contributed by atoms with Crippen LogP contribution < -0.4 is 0 Å². The molecule has 0 aromatic carbocycles. The first-order valence-corrected chi connectivity index (χ1v) is 5.17. The lowest BCUT2D eigenvalue weighted by molar-refractivity contribution is -0.0885. The van der Waals surface area contributed by atoms with E-state index in [4.69, 9.17) is 4.74 Å². The van der Waals surface area contributed by atoms with Crippen molar-refractivity contribution in [3.05, 3.63) is 18.0 Å². The highest BCUT2D eigenvalue weighted by Crippen LogP contribution is 2.20. The normalized spacial score (nSPS) is 11.8. The predicted octanol–water partition coefficient (Wildman–Crippen LogP) is 2.05. The number of hydrogen-bond acceptors (Lipinski definition) is 3. The lowest BCUT2D eigenvalue weighted by Gasteiger charge is -2.03. The summed E-state index contributed by atoms with van der Waals surface area (Å²) in [7, 11) is 0. The number of rotatable bonds is 6. The van der Waals surface area contributed by atoms with Gasteiger partial charge >= 0.3 is 6.18 Å². The molecule has 1 heterocycles. The summed E-state index contributed by atoms with van der Waals surface area (Å²) in [5.74, 6) is -1.88. The molecule has 17 heavy (non-hydrogen) atoms. The van der Waals surface area contributed by atoms with Gasteiger partial charge in [0.25, 0.3) is 5.78 Å². The number of Topliss-reactive ketones (excluding diaryl/α,β-unsaturated/α-hetero) is 1. The molecule has 0 radical (unpaired) electrons. The molecule has 0 spiro atoms. The van der Waals surface area contributed by atoms with Crippen LogP contribution in [0.3, 0.4) is 0 Å². The number of aromatic nitrogens is 2. The van der Waals surface area contributed by atoms with Crippen molar-refractivity contribution in [1.29, 1.82) is 0 Å². The average Bonchev–Trinajstić information content (AvgIpc) is 2.70. The van der Waals surface area contributed by atoms with E-state index >= 15 is 0 Å². The molecule has 0 saturated carbocycles. The third-order valence-corrected chi connectivity index (χ3v) is 1.97. The molecule has 1 rings (SSSR count). The van der Waals surface area contributed by atoms with E-state index in [1.54, 1.807) is 0 Å². The average molecular weight is 250 g/mol. The summed E-state index contributed by atoms with van der Waals surface area (Å²) in [6, 6.07) is 0. The highest BCUT2D eigenvalue weighted by atomic mass is 19.4. The van der Waals surface area contributed by atoms with Gasteiger partial charge in [0.2, 0.25) is 0 Å². The Morgan fingerprint density at radius 1 is 1.47 bits per heavy atom. The molecule has 0 aliphatic carbocycles. The van der Waals surface area contributed by atoms with Gasteiger partial charge in [-0.1, -0.05) is 6.92 Å². The fraction of sp³-hybridized carbons (Fsp3) is 0.600. The lowest BCUT2D eigenvalue weighted by Crippen LogP contribution is -2.22. The molecule has 0 amide bonds. The fourth-order valence-corrected chi connectivity index (χ4v) is 1.17. The van der Waals surface area contributed by atoms with E-state index in [9.17, 15) is 18.0 Å². The number of hydrogen-bond donors (Lipinski definition) is 0. The molecule has 0 saturated heterocycles. The largest absolute Gasteiger partial charge is 0.454 e. The second-order valence-electron chi connectivity index (χ2n) is 3.43. The molecule has 7 heteroatoms. The summed E-state index contributed by atoms with van der Waals surface area (Å²) in [6.07, 6.45) is -2.00. The zero-order chi connectivity index (χ0) is 12.9. The van der Waals surface area contributed by atoms with Crippen LogP contribution in [-0.4, -0.2) is 35.0 Å². The molecule has 1 aromatic heterocycles. The smallest absolute Gasteiger partial charge is 0.380 e. The number of ether oxygens (including phenoxy) is 1. The van der Waals surface area contributed by atoms with Crippen LogP contribution >= 0.6 is 0 Å². The number of carbonyl (C=O) groups excluding carboxylic acids is 1. The third-order valence-electron chi connectivity index (χ3n) is 1.97. The van der Waals surface area contributed by atoms with E-state index in [2.05, 4.69) is 5.10 Å². The van der Waals surface area contributed by atoms with Gasteiger partial charge in [0.05, 0.1) is 24.9 Å². The molecule has 0 unspecified atom stereocenters. The minimum Gasteiger partial charge on any atom is -0.380 e. The summed E-state index contributed by atoms with van der Waals surface area (Å²) < 4.78 is 42.7. The van der Waals surface area contributed by atoms with Crippen LogP contribution in [0.2, 0.25) is 0 Å². The Balaban J connectivity index is 2.51. The maximum absolute atomic E-state index is 12.1. The van der Waals surface area contributed by atoms with Gasteiger partial charge < -0.3 is 4.74 Å². The minimum atomic E-state index is -4.85. The van der Waals surface area contributed by atoms with Crippen LogP contribution in [-0.2, 0) is 11.3 Å². The van der Waals surface area contributed by atoms with Gasteiger partial charge in [-0.05, 0) is 6.42 Å². The van der Waals surface area contributed by atoms with Crippen molar-refractivity contribution in [1.82, 2.24) is 9.78 Å². The SMILES string of the molecule is CCCOCCn1cc(C(=O)C(F)(F)F)cn1. The zero-order valence-corrected chi connectivity index (χ0v) is 9.33. The summed E-state index contributed by atoms with van der Waals surface area (Å²) in [5, 5.41) is 3.66. The molecular formula is C10H13F3N2O2. The minimum absolute atomic E-state index is 0.325. The summed E-state index contributed by atoms with van der Waals surface area (Å²) in [5.41, 5.74) is -0.451. The van der Waals surface area contributed by atoms with Crippen molar-refractivity contribution in [3.63, 3.8) is 0 Å². The van der Waals surface area contributed by atoms with E-state index in [1.165, 1.54) is 4.68 Å². The predicted molar refractivity (Wildman–Crippen MR) is 53.7 cm³/mol. The molecule has 0 aliphatic heterocycles. The molecule has 0 aliphatic rings. The first-order chi connectivity index (χ1) is 7.95. The molecule has 0 bridgehead atoms. The highest BCUT2D eigenvalue weighted by Gasteiger charge is 2.39. The van der Waals surface area contributed by atoms with Crippen LogP contribution in [0.5, 0.6) is 0 Å². The van der Waals surface area contributed by atoms with E-state index in [0.29, 0.717) is 19.8 Å². The maximum Gasteiger partial charge on any atom is 0.454 e. The van der Waals surface area contributed by atoms with Crippen molar-refractivity contribution in [3.8, 4) is 0 Å². The Hall–Kier alpha value is -1.37. The molecule has 1 aromatic rings. The van der Waals surface area contributed by atoms with Gasteiger partial charge in [-0.25, -0.2) is 0 Å². The zero-order valence-electron chi connectivity index (χ0n) is 9.33. The Morgan fingerprint density at radius 3 is 2.76 bits per heavy atom. The van der Waals surface area contributed by atoms with Gasteiger partial charge in [0.15, 0.2) is 0 Å². The number of alkyl halides is 3. The van der Waals surface area contributed by atoms with Gasteiger partial charge in [0.1, 0.15) is 0 Å². The summed E-state index contributed by atoms with van der Waals surface area (Å²) >= 11 is 0. The number of halogens is 3. The first-order valence-electron chi connectivity index (χ1n) is 5.17. The Bertz CT molecular complexity index is 374. The topological polar surface area (TPSA) is 44.1 Å². The van der Waals surface area contributed by atoms with Crippen molar-refractivity contribution >= 4 is 5.78 Å². The van der Waals surface area contributed by atoms with Gasteiger partial charge in [0, 0.05) is 12.8 Å². The number of carbonyl (C=O) groups is 1. The molecule has 4 nitrogen and oxygen atoms in total. The van der Waals surface area contributed by atoms with Gasteiger partial charge in [-0.3, -0.25) is 9.48 Å². The molecule has 0 atom stereocenters. The molecular weight excluding hydrogens is 237 g/mol. The van der Waals surface area contributed by atoms with Crippen LogP contribution in [0.1, 0.15) is 23.7 Å². The van der Waals surface area contributed by atoms with Crippen molar-refractivity contribution in [2.45, 2.75) is 26.1 Å². The van der Waals surface area contributed by atoms with Gasteiger partial charge in [-0.15, -0.1) is 0 Å². The van der Waals surface area contributed by atoms with Crippen molar-refractivity contribution in [2.24, 2.45) is 0 Å². The Labute approximate surface area is 96.4 Å². The monoisotopic (exact) mass is 250 g/mol. The fourth-order valence-electron chi connectivity index (χ4n) is 1.17. The Morgan fingerprint density at radius 2 is 2.18 bits per heavy atom. The van der Waals surface area contributed by atoms with Crippen LogP contribution in [0, 0.1) is 0 Å². The number of ketones is 1. The number of nitrogens with zero attached hydrogens (tertiary/aromatic N) is 2. The van der Waals surface area contributed by atoms with Crippen LogP contribution in [0.15, 0.2) is 12.4 Å². The molecule has 0 fully saturated rings. The second kappa shape index (κ2) is 5.81. The van der Waals surface area contributed by atoms with Crippen LogP contribution in [0.4, 0.5) is 13.2 Å². The van der Waals surface area contributed by atoms with Crippen molar-refractivity contribution < 1.29 is 22.7 Å². The van der Waals surface area contributed by atoms with E-state index in [-0.39, 0.29) is 0 Å². The summed E-state index contributed by atoms with van der Waals surface area (Å²) in [6.45, 7) is 3.23. The molecule has 0 N–H and O–H groups in total. The lowest BCUT2D eigenvalue weighted by atomic mass is 10.2. The van der Waals surface area contributed by atoms with E-state index in [0.717, 1.165) is 18.8 Å². The Kier molecular flexibility index (Phi) is 4.68.